The summed E-state index contributed by atoms with van der Waals surface area (Å²) in [6.45, 7) is 0.195. The van der Waals surface area contributed by atoms with E-state index >= 15 is 0 Å². The van der Waals surface area contributed by atoms with Gasteiger partial charge in [-0.1, -0.05) is 23.2 Å². The van der Waals surface area contributed by atoms with Crippen LogP contribution in [0.2, 0.25) is 10.3 Å². The number of rotatable bonds is 2. The predicted molar refractivity (Wildman–Crippen MR) is 50.0 cm³/mol. The van der Waals surface area contributed by atoms with Crippen LogP contribution in [0.15, 0.2) is 6.07 Å². The minimum absolute atomic E-state index is 0.195. The highest BCUT2D eigenvalue weighted by Gasteiger charge is 2.39. The molecule has 1 N–H and O–H groups in total. The molecule has 1 heterocycles. The van der Waals surface area contributed by atoms with Gasteiger partial charge in [0.15, 0.2) is 10.3 Å². The van der Waals surface area contributed by atoms with E-state index in [1.165, 1.54) is 0 Å². The average molecular weight is 219 g/mol. The lowest BCUT2D eigenvalue weighted by Crippen LogP contribution is -1.93. The smallest absolute Gasteiger partial charge is 0.155 e. The van der Waals surface area contributed by atoms with E-state index in [2.05, 4.69) is 10.2 Å². The van der Waals surface area contributed by atoms with Crippen molar-refractivity contribution in [2.24, 2.45) is 5.92 Å². The highest BCUT2D eigenvalue weighted by molar-refractivity contribution is 6.31. The third-order valence-electron chi connectivity index (χ3n) is 2.30. The first-order chi connectivity index (χ1) is 6.22. The molecule has 0 aliphatic heterocycles. The maximum Gasteiger partial charge on any atom is 0.155 e. The van der Waals surface area contributed by atoms with Crippen LogP contribution in [0.3, 0.4) is 0 Å². The molecule has 1 aliphatic rings. The fraction of sp³-hybridized carbons (Fsp3) is 0.500. The first-order valence-corrected chi connectivity index (χ1v) is 4.77. The summed E-state index contributed by atoms with van der Waals surface area (Å²) in [4.78, 5) is 0. The monoisotopic (exact) mass is 218 g/mol. The molecule has 0 spiro atoms. The van der Waals surface area contributed by atoms with Gasteiger partial charge in [-0.15, -0.1) is 10.2 Å². The van der Waals surface area contributed by atoms with Gasteiger partial charge in [0.25, 0.3) is 0 Å². The summed E-state index contributed by atoms with van der Waals surface area (Å²) in [5.41, 5.74) is 0.903. The zero-order valence-corrected chi connectivity index (χ0v) is 8.26. The van der Waals surface area contributed by atoms with Gasteiger partial charge in [0, 0.05) is 6.61 Å². The van der Waals surface area contributed by atoms with Crippen LogP contribution >= 0.6 is 23.2 Å². The fourth-order valence-electron chi connectivity index (χ4n) is 1.46. The molecule has 1 aliphatic carbocycles. The van der Waals surface area contributed by atoms with Crippen molar-refractivity contribution in [3.8, 4) is 0 Å². The third kappa shape index (κ3) is 1.77. The molecule has 0 amide bonds. The normalized spacial score (nSPS) is 26.1. The molecule has 2 atom stereocenters. The molecule has 0 bridgehead atoms. The summed E-state index contributed by atoms with van der Waals surface area (Å²) in [6, 6.07) is 1.72. The topological polar surface area (TPSA) is 46.0 Å². The number of aromatic nitrogens is 2. The van der Waals surface area contributed by atoms with E-state index in [1.807, 2.05) is 0 Å². The second kappa shape index (κ2) is 3.40. The van der Waals surface area contributed by atoms with Crippen LogP contribution < -0.4 is 0 Å². The van der Waals surface area contributed by atoms with Crippen LogP contribution in [0.1, 0.15) is 17.9 Å². The number of hydrogen-bond donors (Lipinski definition) is 1. The first kappa shape index (κ1) is 9.19. The molecule has 3 nitrogen and oxygen atoms in total. The molecule has 2 unspecified atom stereocenters. The Morgan fingerprint density at radius 1 is 1.46 bits per heavy atom. The fourth-order valence-corrected chi connectivity index (χ4v) is 1.84. The summed E-state index contributed by atoms with van der Waals surface area (Å²) < 4.78 is 0. The molecule has 1 aromatic heterocycles. The molecular weight excluding hydrogens is 211 g/mol. The van der Waals surface area contributed by atoms with E-state index in [1.54, 1.807) is 6.07 Å². The van der Waals surface area contributed by atoms with Crippen molar-refractivity contribution >= 4 is 23.2 Å². The van der Waals surface area contributed by atoms with Crippen LogP contribution in [-0.4, -0.2) is 21.9 Å². The Kier molecular flexibility index (Phi) is 2.41. The lowest BCUT2D eigenvalue weighted by atomic mass is 10.2. The third-order valence-corrected chi connectivity index (χ3v) is 2.78. The largest absolute Gasteiger partial charge is 0.396 e. The molecule has 0 saturated heterocycles. The second-order valence-corrected chi connectivity index (χ2v) is 3.94. The van der Waals surface area contributed by atoms with Crippen LogP contribution in [0, 0.1) is 5.92 Å². The maximum atomic E-state index is 8.89. The van der Waals surface area contributed by atoms with Gasteiger partial charge in [-0.2, -0.15) is 0 Å². The number of hydrogen-bond acceptors (Lipinski definition) is 3. The first-order valence-electron chi connectivity index (χ1n) is 4.02. The molecule has 0 radical (unpaired) electrons. The van der Waals surface area contributed by atoms with Gasteiger partial charge in [-0.25, -0.2) is 0 Å². The van der Waals surface area contributed by atoms with Gasteiger partial charge in [0.2, 0.25) is 0 Å². The van der Waals surface area contributed by atoms with E-state index in [0.29, 0.717) is 22.1 Å². The van der Waals surface area contributed by atoms with E-state index < -0.39 is 0 Å². The van der Waals surface area contributed by atoms with E-state index in [4.69, 9.17) is 28.3 Å². The summed E-state index contributed by atoms with van der Waals surface area (Å²) in [5.74, 6) is 0.628. The molecule has 70 valence electrons. The van der Waals surface area contributed by atoms with Crippen molar-refractivity contribution in [1.29, 1.82) is 0 Å². The minimum Gasteiger partial charge on any atom is -0.396 e. The number of aliphatic hydroxyl groups is 1. The lowest BCUT2D eigenvalue weighted by Gasteiger charge is -2.00. The summed E-state index contributed by atoms with van der Waals surface area (Å²) in [6.07, 6.45) is 0.957. The number of nitrogens with zero attached hydrogens (tertiary/aromatic N) is 2. The van der Waals surface area contributed by atoms with Crippen molar-refractivity contribution in [1.82, 2.24) is 10.2 Å². The Hall–Kier alpha value is -0.380. The van der Waals surface area contributed by atoms with Crippen molar-refractivity contribution in [2.75, 3.05) is 6.61 Å². The van der Waals surface area contributed by atoms with Gasteiger partial charge < -0.3 is 5.11 Å². The standard InChI is InChI=1S/C8H8Cl2N2O/c9-7-2-6(8(10)12-11-7)5-1-4(5)3-13/h2,4-5,13H,1,3H2. The van der Waals surface area contributed by atoms with Crippen molar-refractivity contribution in [3.05, 3.63) is 21.9 Å². The predicted octanol–water partition coefficient (Wildman–Crippen LogP) is 1.88. The second-order valence-electron chi connectivity index (χ2n) is 3.20. The molecular formula is C8H8Cl2N2O. The van der Waals surface area contributed by atoms with Gasteiger partial charge in [-0.05, 0) is 29.9 Å². The molecule has 0 aromatic carbocycles. The van der Waals surface area contributed by atoms with Crippen molar-refractivity contribution in [2.45, 2.75) is 12.3 Å². The van der Waals surface area contributed by atoms with Crippen molar-refractivity contribution < 1.29 is 5.11 Å². The van der Waals surface area contributed by atoms with E-state index in [0.717, 1.165) is 12.0 Å². The van der Waals surface area contributed by atoms with Gasteiger partial charge >= 0.3 is 0 Å². The average Bonchev–Trinajstić information content (AvgIpc) is 2.88. The zero-order chi connectivity index (χ0) is 9.42. The highest BCUT2D eigenvalue weighted by Crippen LogP contribution is 2.48. The Labute approximate surface area is 85.7 Å². The van der Waals surface area contributed by atoms with Gasteiger partial charge in [0.1, 0.15) is 0 Å². The Morgan fingerprint density at radius 2 is 2.23 bits per heavy atom. The summed E-state index contributed by atoms with van der Waals surface area (Å²) >= 11 is 11.5. The molecule has 1 saturated carbocycles. The van der Waals surface area contributed by atoms with Gasteiger partial charge in [-0.3, -0.25) is 0 Å². The molecule has 13 heavy (non-hydrogen) atoms. The van der Waals surface area contributed by atoms with Crippen LogP contribution in [0.4, 0.5) is 0 Å². The Morgan fingerprint density at radius 3 is 2.85 bits per heavy atom. The molecule has 2 rings (SSSR count). The lowest BCUT2D eigenvalue weighted by molar-refractivity contribution is 0.274. The maximum absolute atomic E-state index is 8.89. The zero-order valence-electron chi connectivity index (χ0n) is 6.74. The van der Waals surface area contributed by atoms with E-state index in [-0.39, 0.29) is 6.61 Å². The number of halogens is 2. The molecule has 1 aromatic rings. The van der Waals surface area contributed by atoms with Crippen LogP contribution in [0.5, 0.6) is 0 Å². The van der Waals surface area contributed by atoms with E-state index in [9.17, 15) is 0 Å². The Bertz CT molecular complexity index is 332. The quantitative estimate of drug-likeness (QED) is 0.825. The minimum atomic E-state index is 0.195. The van der Waals surface area contributed by atoms with Gasteiger partial charge in [0.05, 0.1) is 0 Å². The highest BCUT2D eigenvalue weighted by atomic mass is 35.5. The van der Waals surface area contributed by atoms with Crippen molar-refractivity contribution in [3.63, 3.8) is 0 Å². The summed E-state index contributed by atoms with van der Waals surface area (Å²) in [7, 11) is 0. The van der Waals surface area contributed by atoms with Crippen LogP contribution in [-0.2, 0) is 0 Å². The molecule has 1 fully saturated rings. The van der Waals surface area contributed by atoms with Crippen LogP contribution in [0.25, 0.3) is 0 Å². The Balaban J connectivity index is 2.25. The molecule has 5 heteroatoms. The summed E-state index contributed by atoms with van der Waals surface area (Å²) in [5, 5.41) is 17.0. The number of aliphatic hydroxyl groups excluding tert-OH is 1. The SMILES string of the molecule is OCC1CC1c1cc(Cl)nnc1Cl.